The van der Waals surface area contributed by atoms with E-state index >= 15 is 0 Å². The summed E-state index contributed by atoms with van der Waals surface area (Å²) < 4.78 is 0. The molecule has 0 aromatic heterocycles. The second-order valence-corrected chi connectivity index (χ2v) is 3.62. The third-order valence-corrected chi connectivity index (χ3v) is 2.50. The molecule has 0 atom stereocenters. The maximum Gasteiger partial charge on any atom is 2.00 e. The molecule has 0 aliphatic carbocycles. The van der Waals surface area contributed by atoms with Gasteiger partial charge in [-0.05, 0) is 0 Å². The number of hydrogen-bond acceptors (Lipinski definition) is 0. The zero-order chi connectivity index (χ0) is 7.65. The topological polar surface area (TPSA) is 0 Å². The summed E-state index contributed by atoms with van der Waals surface area (Å²) in [6.45, 7) is 13.3. The number of rotatable bonds is 2. The second kappa shape index (κ2) is 8.95. The largest absolute Gasteiger partial charge is 2.00 e. The van der Waals surface area contributed by atoms with E-state index in [1.807, 2.05) is 0 Å². The Hall–Kier alpha value is 1.38. The first kappa shape index (κ1) is 23.3. The van der Waals surface area contributed by atoms with Crippen LogP contribution in [0, 0.1) is 24.7 Å². The average Bonchev–Trinajstić information content (AvgIpc) is 1.65. The van der Waals surface area contributed by atoms with Gasteiger partial charge in [0.05, 0.1) is 0 Å². The van der Waals surface area contributed by atoms with Gasteiger partial charge in [0.2, 0.25) is 0 Å². The summed E-state index contributed by atoms with van der Waals surface area (Å²) in [4.78, 5) is 0. The third-order valence-electron chi connectivity index (χ3n) is 2.50. The van der Waals surface area contributed by atoms with Crippen LogP contribution in [0.15, 0.2) is 0 Å². The average molecular weight is 509 g/mol. The quantitative estimate of drug-likeness (QED) is 0.499. The molecule has 0 aromatic carbocycles. The summed E-state index contributed by atoms with van der Waals surface area (Å²) in [6, 6.07) is 0. The molecule has 0 radical (unpaired) electrons. The third kappa shape index (κ3) is 6.85. The van der Waals surface area contributed by atoms with E-state index in [0.717, 1.165) is 0 Å². The number of hydrogen-bond donors (Lipinski definition) is 0. The Labute approximate surface area is 108 Å². The SMILES string of the molecule is C[C-](C)C(C)(C)[C-](C)C.[CH3-].[W+2].[W]. The first-order valence-corrected chi connectivity index (χ1v) is 3.50. The van der Waals surface area contributed by atoms with E-state index in [1.54, 1.807) is 0 Å². The van der Waals surface area contributed by atoms with Crippen LogP contribution in [0.2, 0.25) is 0 Å². The molecular weight excluding hydrogens is 488 g/mol. The van der Waals surface area contributed by atoms with Gasteiger partial charge < -0.3 is 19.3 Å². The van der Waals surface area contributed by atoms with Crippen molar-refractivity contribution in [3.8, 4) is 0 Å². The van der Waals surface area contributed by atoms with Crippen LogP contribution in [0.4, 0.5) is 0 Å². The van der Waals surface area contributed by atoms with Crippen molar-refractivity contribution in [1.29, 1.82) is 0 Å². The molecule has 74 valence electrons. The summed E-state index contributed by atoms with van der Waals surface area (Å²) in [6.07, 6.45) is 0. The molecule has 0 spiro atoms. The molecule has 0 aliphatic rings. The minimum atomic E-state index is 0. The van der Waals surface area contributed by atoms with Crippen molar-refractivity contribution in [1.82, 2.24) is 0 Å². The van der Waals surface area contributed by atoms with Crippen LogP contribution in [-0.2, 0) is 42.1 Å². The Bertz CT molecular complexity index is 75.8. The molecule has 12 heavy (non-hydrogen) atoms. The van der Waals surface area contributed by atoms with Crippen molar-refractivity contribution in [2.24, 2.45) is 5.41 Å². The minimum absolute atomic E-state index is 0. The monoisotopic (exact) mass is 509 g/mol. The van der Waals surface area contributed by atoms with Crippen molar-refractivity contribution >= 4 is 0 Å². The summed E-state index contributed by atoms with van der Waals surface area (Å²) >= 11 is 0. The standard InChI is InChI=1S/C9H18.CH3.2W/c1-7(2)9(5,6)8(3)4;;;/h1-6H3;1H3;;/q-2;-1;;+2. The molecule has 2 heteroatoms. The molecule has 0 nitrogen and oxygen atoms in total. The van der Waals surface area contributed by atoms with E-state index in [2.05, 4.69) is 41.5 Å². The van der Waals surface area contributed by atoms with Gasteiger partial charge >= 0.3 is 21.1 Å². The molecule has 0 unspecified atom stereocenters. The maximum absolute atomic E-state index is 2.26. The van der Waals surface area contributed by atoms with Gasteiger partial charge in [-0.15, -0.1) is 13.8 Å². The van der Waals surface area contributed by atoms with Gasteiger partial charge in [-0.2, -0.15) is 27.7 Å². The second-order valence-electron chi connectivity index (χ2n) is 3.62. The van der Waals surface area contributed by atoms with Crippen molar-refractivity contribution < 1.29 is 42.1 Å². The summed E-state index contributed by atoms with van der Waals surface area (Å²) in [5, 5.41) is 0. The smallest absolute Gasteiger partial charge is 0.358 e. The molecule has 0 aliphatic heterocycles. The van der Waals surface area contributed by atoms with Gasteiger partial charge in [-0.3, -0.25) is 5.41 Å². The zero-order valence-corrected chi connectivity index (χ0v) is 15.2. The predicted octanol–water partition coefficient (Wildman–Crippen LogP) is 3.69. The molecular formula is C10H21W2-. The van der Waals surface area contributed by atoms with E-state index in [1.165, 1.54) is 11.8 Å². The van der Waals surface area contributed by atoms with Crippen molar-refractivity contribution in [3.63, 3.8) is 0 Å². The van der Waals surface area contributed by atoms with E-state index in [-0.39, 0.29) is 49.6 Å². The van der Waals surface area contributed by atoms with Crippen LogP contribution < -0.4 is 0 Å². The first-order chi connectivity index (χ1) is 3.89. The Morgan fingerprint density at radius 3 is 1.00 bits per heavy atom. The molecule has 0 rings (SSSR count). The molecule has 0 fully saturated rings. The van der Waals surface area contributed by atoms with Crippen molar-refractivity contribution in [2.45, 2.75) is 41.5 Å². The Balaban J connectivity index is -0.000000107. The van der Waals surface area contributed by atoms with Gasteiger partial charge in [0, 0.05) is 21.1 Å². The molecule has 0 saturated heterocycles. The predicted molar refractivity (Wildman–Crippen MR) is 49.4 cm³/mol. The molecule has 0 heterocycles. The van der Waals surface area contributed by atoms with Crippen molar-refractivity contribution in [2.75, 3.05) is 0 Å². The summed E-state index contributed by atoms with van der Waals surface area (Å²) in [7, 11) is 0. The first-order valence-electron chi connectivity index (χ1n) is 3.50. The van der Waals surface area contributed by atoms with Crippen molar-refractivity contribution in [3.05, 3.63) is 19.3 Å². The molecule has 0 aromatic rings. The fourth-order valence-electron chi connectivity index (χ4n) is 0.500. The van der Waals surface area contributed by atoms with Crippen LogP contribution in [0.1, 0.15) is 41.5 Å². The molecule has 0 bridgehead atoms. The van der Waals surface area contributed by atoms with Gasteiger partial charge in [-0.1, -0.05) is 0 Å². The summed E-state index contributed by atoms with van der Waals surface area (Å²) in [5.41, 5.74) is 0.333. The molecule has 0 saturated carbocycles. The normalized spacial score (nSPS) is 10.0. The Morgan fingerprint density at radius 2 is 1.00 bits per heavy atom. The van der Waals surface area contributed by atoms with Crippen LogP contribution in [0.3, 0.4) is 0 Å². The van der Waals surface area contributed by atoms with Crippen LogP contribution in [0.25, 0.3) is 0 Å². The van der Waals surface area contributed by atoms with Crippen LogP contribution >= 0.6 is 0 Å². The minimum Gasteiger partial charge on any atom is -0.358 e. The zero-order valence-electron chi connectivity index (χ0n) is 9.32. The van der Waals surface area contributed by atoms with Crippen LogP contribution in [-0.4, -0.2) is 0 Å². The van der Waals surface area contributed by atoms with Gasteiger partial charge in [-0.25, -0.2) is 0 Å². The summed E-state index contributed by atoms with van der Waals surface area (Å²) in [5.74, 6) is 2.98. The van der Waals surface area contributed by atoms with E-state index < -0.39 is 0 Å². The van der Waals surface area contributed by atoms with Gasteiger partial charge in [0.15, 0.2) is 0 Å². The van der Waals surface area contributed by atoms with E-state index in [0.29, 0.717) is 5.41 Å². The fraction of sp³-hybridized carbons (Fsp3) is 0.700. The van der Waals surface area contributed by atoms with Gasteiger partial charge in [0.25, 0.3) is 0 Å². The molecule has 0 amide bonds. The Morgan fingerprint density at radius 1 is 0.833 bits per heavy atom. The van der Waals surface area contributed by atoms with E-state index in [9.17, 15) is 0 Å². The van der Waals surface area contributed by atoms with E-state index in [4.69, 9.17) is 0 Å². The van der Waals surface area contributed by atoms with Crippen LogP contribution in [0.5, 0.6) is 0 Å². The maximum atomic E-state index is 2.26. The fourth-order valence-corrected chi connectivity index (χ4v) is 0.500. The molecule has 0 N–H and O–H groups in total. The Kier molecular flexibility index (Phi) is 17.4. The van der Waals surface area contributed by atoms with Gasteiger partial charge in [0.1, 0.15) is 0 Å².